The topological polar surface area (TPSA) is 49.7 Å². The molecule has 0 radical (unpaired) electrons. The van der Waals surface area contributed by atoms with Crippen LogP contribution in [0.1, 0.15) is 80.1 Å². The van der Waals surface area contributed by atoms with Gasteiger partial charge in [-0.25, -0.2) is 0 Å². The molecule has 2 aliphatic carbocycles. The second-order valence-electron chi connectivity index (χ2n) is 10.0. The van der Waals surface area contributed by atoms with E-state index in [4.69, 9.17) is 4.74 Å². The van der Waals surface area contributed by atoms with Crippen LogP contribution in [-0.2, 0) is 4.74 Å². The minimum absolute atomic E-state index is 0.232. The average Bonchev–Trinajstić information content (AvgIpc) is 2.41. The average molecular weight is 325 g/mol. The fourth-order valence-electron chi connectivity index (χ4n) is 6.55. The van der Waals surface area contributed by atoms with Gasteiger partial charge in [-0.15, -0.1) is 0 Å². The Morgan fingerprint density at radius 1 is 1.00 bits per heavy atom. The number of fused-ring (bicyclic) bond motifs is 3. The van der Waals surface area contributed by atoms with E-state index in [1.807, 2.05) is 13.8 Å². The second-order valence-corrected chi connectivity index (χ2v) is 10.0. The molecule has 0 unspecified atom stereocenters. The first-order valence-corrected chi connectivity index (χ1v) is 9.52. The number of hydrogen-bond acceptors (Lipinski definition) is 3. The summed E-state index contributed by atoms with van der Waals surface area (Å²) in [4.78, 5) is 0. The Balaban J connectivity index is 1.99. The Hall–Kier alpha value is -0.120. The minimum Gasteiger partial charge on any atom is -0.390 e. The van der Waals surface area contributed by atoms with Crippen molar-refractivity contribution in [3.05, 3.63) is 0 Å². The van der Waals surface area contributed by atoms with Crippen molar-refractivity contribution in [1.29, 1.82) is 0 Å². The standard InChI is InChI=1S/C20H36O3/c1-13(21)19(5)11-8-14-18(4)10-7-9-17(2,3)15(18)12-16(22)20(14,6)23-19/h13-16,21-22H,7-12H2,1-6H3/t13-,14+,15-,16-,18+,19+,20-/m0/s1. The van der Waals surface area contributed by atoms with Gasteiger partial charge in [-0.3, -0.25) is 0 Å². The zero-order chi connectivity index (χ0) is 17.3. The summed E-state index contributed by atoms with van der Waals surface area (Å²) in [6, 6.07) is 0. The number of hydrogen-bond donors (Lipinski definition) is 2. The molecular formula is C20H36O3. The first kappa shape index (κ1) is 17.7. The summed E-state index contributed by atoms with van der Waals surface area (Å²) in [5.74, 6) is 0.923. The van der Waals surface area contributed by atoms with Crippen molar-refractivity contribution < 1.29 is 14.9 Å². The van der Waals surface area contributed by atoms with Crippen molar-refractivity contribution in [1.82, 2.24) is 0 Å². The first-order chi connectivity index (χ1) is 10.5. The summed E-state index contributed by atoms with van der Waals surface area (Å²) in [6.45, 7) is 13.1. The normalized spacial score (nSPS) is 54.0. The summed E-state index contributed by atoms with van der Waals surface area (Å²) in [7, 11) is 0. The van der Waals surface area contributed by atoms with Crippen molar-refractivity contribution in [2.45, 2.75) is 103 Å². The molecule has 2 saturated carbocycles. The van der Waals surface area contributed by atoms with E-state index in [1.165, 1.54) is 19.3 Å². The van der Waals surface area contributed by atoms with Gasteiger partial charge in [-0.2, -0.15) is 0 Å². The van der Waals surface area contributed by atoms with Crippen LogP contribution in [0.25, 0.3) is 0 Å². The van der Waals surface area contributed by atoms with Crippen molar-refractivity contribution in [3.63, 3.8) is 0 Å². The lowest BCUT2D eigenvalue weighted by Gasteiger charge is -2.66. The maximum Gasteiger partial charge on any atom is 0.0954 e. The Morgan fingerprint density at radius 3 is 2.26 bits per heavy atom. The lowest BCUT2D eigenvalue weighted by molar-refractivity contribution is -0.314. The van der Waals surface area contributed by atoms with Crippen LogP contribution < -0.4 is 0 Å². The number of ether oxygens (including phenoxy) is 1. The molecule has 7 atom stereocenters. The lowest BCUT2D eigenvalue weighted by Crippen LogP contribution is -2.69. The fraction of sp³-hybridized carbons (Fsp3) is 1.00. The highest BCUT2D eigenvalue weighted by Gasteiger charge is 2.65. The fourth-order valence-corrected chi connectivity index (χ4v) is 6.55. The molecule has 1 aliphatic heterocycles. The Bertz CT molecular complexity index is 474. The smallest absolute Gasteiger partial charge is 0.0954 e. The third-order valence-electron chi connectivity index (χ3n) is 8.15. The van der Waals surface area contributed by atoms with Gasteiger partial charge in [0.05, 0.1) is 23.4 Å². The Morgan fingerprint density at radius 2 is 1.65 bits per heavy atom. The van der Waals surface area contributed by atoms with Crippen LogP contribution in [0.15, 0.2) is 0 Å². The Kier molecular flexibility index (Phi) is 3.99. The van der Waals surface area contributed by atoms with E-state index >= 15 is 0 Å². The molecule has 0 bridgehead atoms. The summed E-state index contributed by atoms with van der Waals surface area (Å²) < 4.78 is 6.52. The maximum atomic E-state index is 11.1. The van der Waals surface area contributed by atoms with E-state index in [0.29, 0.717) is 17.3 Å². The van der Waals surface area contributed by atoms with Crippen LogP contribution in [0, 0.1) is 22.7 Å². The molecule has 0 aromatic rings. The van der Waals surface area contributed by atoms with Crippen molar-refractivity contribution >= 4 is 0 Å². The first-order valence-electron chi connectivity index (χ1n) is 9.52. The number of aliphatic hydroxyl groups is 2. The molecule has 3 heteroatoms. The number of rotatable bonds is 1. The summed E-state index contributed by atoms with van der Waals surface area (Å²) in [5, 5.41) is 21.3. The summed E-state index contributed by atoms with van der Waals surface area (Å²) >= 11 is 0. The molecular weight excluding hydrogens is 288 g/mol. The van der Waals surface area contributed by atoms with Crippen LogP contribution in [0.4, 0.5) is 0 Å². The van der Waals surface area contributed by atoms with Gasteiger partial charge in [-0.1, -0.05) is 27.2 Å². The predicted molar refractivity (Wildman–Crippen MR) is 92.2 cm³/mol. The highest BCUT2D eigenvalue weighted by atomic mass is 16.5. The van der Waals surface area contributed by atoms with Gasteiger partial charge in [-0.05, 0) is 75.5 Å². The van der Waals surface area contributed by atoms with E-state index in [0.717, 1.165) is 19.3 Å². The van der Waals surface area contributed by atoms with Gasteiger partial charge in [0.2, 0.25) is 0 Å². The molecule has 3 aliphatic rings. The zero-order valence-corrected chi connectivity index (χ0v) is 15.9. The quantitative estimate of drug-likeness (QED) is 0.769. The largest absolute Gasteiger partial charge is 0.390 e. The third-order valence-corrected chi connectivity index (χ3v) is 8.15. The zero-order valence-electron chi connectivity index (χ0n) is 15.9. The summed E-state index contributed by atoms with van der Waals surface area (Å²) in [5.41, 5.74) is -0.557. The van der Waals surface area contributed by atoms with E-state index < -0.39 is 23.4 Å². The van der Waals surface area contributed by atoms with Gasteiger partial charge in [0.25, 0.3) is 0 Å². The van der Waals surface area contributed by atoms with E-state index in [-0.39, 0.29) is 5.41 Å². The third kappa shape index (κ3) is 2.41. The van der Waals surface area contributed by atoms with Gasteiger partial charge in [0, 0.05) is 0 Å². The summed E-state index contributed by atoms with van der Waals surface area (Å²) in [6.07, 6.45) is 5.56. The molecule has 3 fully saturated rings. The maximum absolute atomic E-state index is 11.1. The SMILES string of the molecule is C[C@H](O)[C@@]1(C)CC[C@@H]2[C@@]3(C)CCCC(C)(C)[C@@H]3C[C@H](O)[C@@]2(C)O1. The van der Waals surface area contributed by atoms with Gasteiger partial charge >= 0.3 is 0 Å². The van der Waals surface area contributed by atoms with E-state index in [1.54, 1.807) is 0 Å². The molecule has 2 N–H and O–H groups in total. The molecule has 1 saturated heterocycles. The van der Waals surface area contributed by atoms with E-state index in [9.17, 15) is 10.2 Å². The van der Waals surface area contributed by atoms with Crippen LogP contribution >= 0.6 is 0 Å². The van der Waals surface area contributed by atoms with Crippen LogP contribution in [-0.4, -0.2) is 33.6 Å². The monoisotopic (exact) mass is 324 g/mol. The van der Waals surface area contributed by atoms with Crippen molar-refractivity contribution in [3.8, 4) is 0 Å². The molecule has 23 heavy (non-hydrogen) atoms. The predicted octanol–water partition coefficient (Wildman–Crippen LogP) is 3.91. The molecule has 3 rings (SSSR count). The van der Waals surface area contributed by atoms with Crippen LogP contribution in [0.3, 0.4) is 0 Å². The molecule has 3 nitrogen and oxygen atoms in total. The second kappa shape index (κ2) is 5.19. The number of aliphatic hydroxyl groups excluding tert-OH is 2. The molecule has 0 aromatic carbocycles. The molecule has 0 amide bonds. The van der Waals surface area contributed by atoms with Crippen molar-refractivity contribution in [2.24, 2.45) is 22.7 Å². The molecule has 0 aromatic heterocycles. The highest BCUT2D eigenvalue weighted by molar-refractivity contribution is 5.14. The lowest BCUT2D eigenvalue weighted by atomic mass is 9.43. The van der Waals surface area contributed by atoms with Crippen LogP contribution in [0.5, 0.6) is 0 Å². The van der Waals surface area contributed by atoms with Gasteiger partial charge in [0.15, 0.2) is 0 Å². The minimum atomic E-state index is -0.542. The van der Waals surface area contributed by atoms with Gasteiger partial charge < -0.3 is 14.9 Å². The highest BCUT2D eigenvalue weighted by Crippen LogP contribution is 2.65. The van der Waals surface area contributed by atoms with Crippen LogP contribution in [0.2, 0.25) is 0 Å². The Labute approximate surface area is 141 Å². The van der Waals surface area contributed by atoms with E-state index in [2.05, 4.69) is 27.7 Å². The van der Waals surface area contributed by atoms with Crippen molar-refractivity contribution in [2.75, 3.05) is 0 Å². The molecule has 1 heterocycles. The van der Waals surface area contributed by atoms with Gasteiger partial charge in [0.1, 0.15) is 0 Å². The molecule has 134 valence electrons. The molecule has 0 spiro atoms.